The molecule has 0 saturated heterocycles. The minimum atomic E-state index is -3.91. The Morgan fingerprint density at radius 3 is 2.00 bits per heavy atom. The highest BCUT2D eigenvalue weighted by Crippen LogP contribution is 2.25. The molecule has 7 heteroatoms. The van der Waals surface area contributed by atoms with Crippen molar-refractivity contribution in [2.24, 2.45) is 0 Å². The quantitative estimate of drug-likeness (QED) is 0.642. The maximum absolute atomic E-state index is 13.3. The Kier molecular flexibility index (Phi) is 7.45. The highest BCUT2D eigenvalue weighted by atomic mass is 32.2. The van der Waals surface area contributed by atoms with Gasteiger partial charge in [0.25, 0.3) is 10.0 Å². The molecule has 6 nitrogen and oxygen atoms in total. The second kappa shape index (κ2) is 9.59. The monoisotopic (exact) mass is 404 g/mol. The number of amides is 1. The molecule has 2 aromatic carbocycles. The smallest absolute Gasteiger partial charge is 0.264 e. The summed E-state index contributed by atoms with van der Waals surface area (Å²) in [4.78, 5) is 14.4. The minimum absolute atomic E-state index is 0.115. The first-order valence-corrected chi connectivity index (χ1v) is 10.9. The van der Waals surface area contributed by atoms with E-state index in [4.69, 9.17) is 4.74 Å². The fourth-order valence-corrected chi connectivity index (χ4v) is 4.24. The molecule has 0 N–H and O–H groups in total. The van der Waals surface area contributed by atoms with Crippen LogP contribution in [0.25, 0.3) is 0 Å². The molecule has 28 heavy (non-hydrogen) atoms. The van der Waals surface area contributed by atoms with Gasteiger partial charge in [0.1, 0.15) is 12.3 Å². The molecule has 0 aliphatic heterocycles. The standard InChI is InChI=1S/C21H28N2O4S/c1-5-22(6-2)21(24)16-23(18-10-8-17(4)9-11-18)28(25,26)20-14-12-19(13-15-20)27-7-3/h8-15H,5-7,16H2,1-4H3. The number of hydrogen-bond acceptors (Lipinski definition) is 4. The Hall–Kier alpha value is -2.54. The molecule has 0 bridgehead atoms. The summed E-state index contributed by atoms with van der Waals surface area (Å²) in [5.74, 6) is 0.364. The number of ether oxygens (including phenoxy) is 1. The van der Waals surface area contributed by atoms with Gasteiger partial charge in [0, 0.05) is 13.1 Å². The van der Waals surface area contributed by atoms with Crippen molar-refractivity contribution in [1.29, 1.82) is 0 Å². The van der Waals surface area contributed by atoms with Gasteiger partial charge in [-0.2, -0.15) is 0 Å². The van der Waals surface area contributed by atoms with Crippen molar-refractivity contribution in [3.63, 3.8) is 0 Å². The zero-order valence-corrected chi connectivity index (χ0v) is 17.7. The van der Waals surface area contributed by atoms with Gasteiger partial charge in [0.15, 0.2) is 0 Å². The lowest BCUT2D eigenvalue weighted by molar-refractivity contribution is -0.129. The number of aryl methyl sites for hydroxylation is 1. The summed E-state index contributed by atoms with van der Waals surface area (Å²) in [6.45, 7) is 8.84. The molecule has 2 aromatic rings. The van der Waals surface area contributed by atoms with Crippen LogP contribution in [0.4, 0.5) is 5.69 Å². The zero-order chi connectivity index (χ0) is 20.7. The van der Waals surface area contributed by atoms with E-state index in [1.807, 2.05) is 39.8 Å². The maximum atomic E-state index is 13.3. The van der Waals surface area contributed by atoms with Crippen molar-refractivity contribution in [3.8, 4) is 5.75 Å². The Morgan fingerprint density at radius 2 is 1.50 bits per heavy atom. The van der Waals surface area contributed by atoms with Gasteiger partial charge >= 0.3 is 0 Å². The number of rotatable bonds is 9. The lowest BCUT2D eigenvalue weighted by Gasteiger charge is -2.27. The second-order valence-corrected chi connectivity index (χ2v) is 8.18. The van der Waals surface area contributed by atoms with Gasteiger partial charge < -0.3 is 9.64 Å². The number of sulfonamides is 1. The van der Waals surface area contributed by atoms with E-state index in [1.165, 1.54) is 16.4 Å². The molecular formula is C21H28N2O4S. The number of likely N-dealkylation sites (N-methyl/N-ethyl adjacent to an activating group) is 1. The number of nitrogens with zero attached hydrogens (tertiary/aromatic N) is 2. The number of hydrogen-bond donors (Lipinski definition) is 0. The van der Waals surface area contributed by atoms with Crippen LogP contribution in [0.3, 0.4) is 0 Å². The Bertz CT molecular complexity index is 874. The lowest BCUT2D eigenvalue weighted by atomic mass is 10.2. The Balaban J connectivity index is 2.44. The highest BCUT2D eigenvalue weighted by Gasteiger charge is 2.28. The van der Waals surface area contributed by atoms with Crippen LogP contribution < -0.4 is 9.04 Å². The van der Waals surface area contributed by atoms with E-state index in [0.717, 1.165) is 5.56 Å². The number of benzene rings is 2. The summed E-state index contributed by atoms with van der Waals surface area (Å²) in [6.07, 6.45) is 0. The van der Waals surface area contributed by atoms with Crippen molar-refractivity contribution in [1.82, 2.24) is 4.90 Å². The van der Waals surface area contributed by atoms with E-state index in [0.29, 0.717) is 31.1 Å². The molecule has 0 atom stereocenters. The lowest BCUT2D eigenvalue weighted by Crippen LogP contribution is -2.43. The first kappa shape index (κ1) is 21.8. The number of anilines is 1. The van der Waals surface area contributed by atoms with Crippen LogP contribution in [0.5, 0.6) is 5.75 Å². The average molecular weight is 405 g/mol. The first-order chi connectivity index (χ1) is 13.3. The molecule has 1 amide bonds. The third-order valence-corrected chi connectivity index (χ3v) is 6.23. The molecule has 152 valence electrons. The van der Waals surface area contributed by atoms with E-state index in [1.54, 1.807) is 29.2 Å². The van der Waals surface area contributed by atoms with Crippen molar-refractivity contribution < 1.29 is 17.9 Å². The first-order valence-electron chi connectivity index (χ1n) is 9.43. The van der Waals surface area contributed by atoms with Crippen LogP contribution in [0, 0.1) is 6.92 Å². The third kappa shape index (κ3) is 5.04. The van der Waals surface area contributed by atoms with Crippen molar-refractivity contribution in [3.05, 3.63) is 54.1 Å². The summed E-state index contributed by atoms with van der Waals surface area (Å²) in [5, 5.41) is 0. The molecule has 0 aliphatic carbocycles. The molecule has 0 saturated carbocycles. The van der Waals surface area contributed by atoms with Gasteiger partial charge in [-0.25, -0.2) is 8.42 Å². The molecule has 0 heterocycles. The van der Waals surface area contributed by atoms with Crippen molar-refractivity contribution in [2.75, 3.05) is 30.5 Å². The van der Waals surface area contributed by atoms with Gasteiger partial charge in [-0.05, 0) is 64.1 Å². The topological polar surface area (TPSA) is 66.9 Å². The van der Waals surface area contributed by atoms with E-state index in [2.05, 4.69) is 0 Å². The minimum Gasteiger partial charge on any atom is -0.494 e. The highest BCUT2D eigenvalue weighted by molar-refractivity contribution is 7.92. The van der Waals surface area contributed by atoms with Crippen LogP contribution in [-0.2, 0) is 14.8 Å². The zero-order valence-electron chi connectivity index (χ0n) is 16.9. The van der Waals surface area contributed by atoms with Crippen molar-refractivity contribution in [2.45, 2.75) is 32.6 Å². The predicted molar refractivity (Wildman–Crippen MR) is 111 cm³/mol. The Labute approximate surface area is 167 Å². The molecule has 0 spiro atoms. The second-order valence-electron chi connectivity index (χ2n) is 6.32. The van der Waals surface area contributed by atoms with Gasteiger partial charge in [-0.3, -0.25) is 9.10 Å². The Morgan fingerprint density at radius 1 is 0.929 bits per heavy atom. The van der Waals surface area contributed by atoms with Crippen LogP contribution >= 0.6 is 0 Å². The molecule has 0 unspecified atom stereocenters. The summed E-state index contributed by atoms with van der Waals surface area (Å²) < 4.78 is 33.2. The van der Waals surface area contributed by atoms with E-state index in [9.17, 15) is 13.2 Å². The number of carbonyl (C=O) groups is 1. The van der Waals surface area contributed by atoms with Gasteiger partial charge in [-0.1, -0.05) is 17.7 Å². The summed E-state index contributed by atoms with van der Waals surface area (Å²) >= 11 is 0. The van der Waals surface area contributed by atoms with Crippen LogP contribution in [0.2, 0.25) is 0 Å². The third-order valence-electron chi connectivity index (χ3n) is 4.44. The van der Waals surface area contributed by atoms with Crippen LogP contribution in [0.1, 0.15) is 26.3 Å². The largest absolute Gasteiger partial charge is 0.494 e. The molecule has 2 rings (SSSR count). The molecule has 0 radical (unpaired) electrons. The van der Waals surface area contributed by atoms with Crippen LogP contribution in [-0.4, -0.2) is 45.5 Å². The average Bonchev–Trinajstić information content (AvgIpc) is 2.68. The summed E-state index contributed by atoms with van der Waals surface area (Å²) in [7, 11) is -3.91. The van der Waals surface area contributed by atoms with Gasteiger partial charge in [-0.15, -0.1) is 0 Å². The summed E-state index contributed by atoms with van der Waals surface area (Å²) in [5.41, 5.74) is 1.47. The molecule has 0 fully saturated rings. The van der Waals surface area contributed by atoms with Gasteiger partial charge in [0.05, 0.1) is 17.2 Å². The molecule has 0 aliphatic rings. The molecule has 0 aromatic heterocycles. The number of carbonyl (C=O) groups excluding carboxylic acids is 1. The van der Waals surface area contributed by atoms with Crippen molar-refractivity contribution >= 4 is 21.6 Å². The summed E-state index contributed by atoms with van der Waals surface area (Å²) in [6, 6.07) is 13.3. The van der Waals surface area contributed by atoms with Crippen LogP contribution in [0.15, 0.2) is 53.4 Å². The fraction of sp³-hybridized carbons (Fsp3) is 0.381. The maximum Gasteiger partial charge on any atom is 0.264 e. The van der Waals surface area contributed by atoms with E-state index >= 15 is 0 Å². The predicted octanol–water partition coefficient (Wildman–Crippen LogP) is 3.46. The SMILES string of the molecule is CCOc1ccc(S(=O)(=O)N(CC(=O)N(CC)CC)c2ccc(C)cc2)cc1. The fourth-order valence-electron chi connectivity index (χ4n) is 2.83. The molecular weight excluding hydrogens is 376 g/mol. The normalized spacial score (nSPS) is 11.1. The van der Waals surface area contributed by atoms with E-state index < -0.39 is 10.0 Å². The van der Waals surface area contributed by atoms with Gasteiger partial charge in [0.2, 0.25) is 5.91 Å². The van der Waals surface area contributed by atoms with E-state index in [-0.39, 0.29) is 17.3 Å².